The van der Waals surface area contributed by atoms with Crippen LogP contribution in [0.4, 0.5) is 0 Å². The van der Waals surface area contributed by atoms with E-state index < -0.39 is 0 Å². The molecule has 3 heterocycles. The van der Waals surface area contributed by atoms with Gasteiger partial charge in [0.15, 0.2) is 10.9 Å². The highest BCUT2D eigenvalue weighted by Crippen LogP contribution is 2.14. The van der Waals surface area contributed by atoms with Gasteiger partial charge in [-0.05, 0) is 30.7 Å². The number of imidazole rings is 1. The number of halogens is 1. The first kappa shape index (κ1) is 20.2. The number of thiophene rings is 1. The minimum atomic E-state index is 0. The van der Waals surface area contributed by atoms with Gasteiger partial charge in [0, 0.05) is 35.7 Å². The molecule has 136 valence electrons. The number of fused-ring (bicyclic) bond motifs is 1. The first-order chi connectivity index (χ1) is 11.7. The lowest BCUT2D eigenvalue weighted by Crippen LogP contribution is -2.39. The van der Waals surface area contributed by atoms with Gasteiger partial charge in [-0.25, -0.2) is 9.98 Å². The lowest BCUT2D eigenvalue weighted by atomic mass is 10.1. The predicted molar refractivity (Wildman–Crippen MR) is 118 cm³/mol. The van der Waals surface area contributed by atoms with E-state index >= 15 is 0 Å². The van der Waals surface area contributed by atoms with E-state index in [9.17, 15) is 0 Å². The highest BCUT2D eigenvalue weighted by atomic mass is 127. The van der Waals surface area contributed by atoms with Gasteiger partial charge in [-0.2, -0.15) is 0 Å². The SMILES string of the molecule is CCNC(=NCc1cn2ccsc2n1)NCC(C)Cc1cccs1.I. The summed E-state index contributed by atoms with van der Waals surface area (Å²) < 4.78 is 2.04. The average molecular weight is 489 g/mol. The van der Waals surface area contributed by atoms with Gasteiger partial charge in [-0.15, -0.1) is 46.7 Å². The summed E-state index contributed by atoms with van der Waals surface area (Å²) in [5.74, 6) is 1.41. The summed E-state index contributed by atoms with van der Waals surface area (Å²) in [6.45, 7) is 6.69. The minimum absolute atomic E-state index is 0. The zero-order chi connectivity index (χ0) is 16.8. The number of aliphatic imine (C=N–C) groups is 1. The smallest absolute Gasteiger partial charge is 0.193 e. The summed E-state index contributed by atoms with van der Waals surface area (Å²) in [6.07, 6.45) is 5.16. The number of hydrogen-bond donors (Lipinski definition) is 2. The molecule has 0 saturated heterocycles. The number of hydrogen-bond acceptors (Lipinski definition) is 4. The fourth-order valence-corrected chi connectivity index (χ4v) is 4.06. The van der Waals surface area contributed by atoms with Crippen molar-refractivity contribution in [2.24, 2.45) is 10.9 Å². The van der Waals surface area contributed by atoms with Crippen LogP contribution in [0, 0.1) is 5.92 Å². The van der Waals surface area contributed by atoms with Gasteiger partial charge in [-0.3, -0.25) is 4.40 Å². The van der Waals surface area contributed by atoms with E-state index in [1.165, 1.54) is 4.88 Å². The maximum absolute atomic E-state index is 4.65. The summed E-state index contributed by atoms with van der Waals surface area (Å²) in [4.78, 5) is 11.7. The van der Waals surface area contributed by atoms with E-state index in [1.54, 1.807) is 11.3 Å². The molecule has 5 nitrogen and oxygen atoms in total. The third-order valence-electron chi connectivity index (χ3n) is 3.63. The Labute approximate surface area is 173 Å². The molecule has 2 N–H and O–H groups in total. The second-order valence-electron chi connectivity index (χ2n) is 5.79. The molecule has 25 heavy (non-hydrogen) atoms. The van der Waals surface area contributed by atoms with Crippen molar-refractivity contribution < 1.29 is 0 Å². The number of guanidine groups is 1. The van der Waals surface area contributed by atoms with Crippen molar-refractivity contribution in [3.63, 3.8) is 0 Å². The van der Waals surface area contributed by atoms with Crippen molar-refractivity contribution in [2.75, 3.05) is 13.1 Å². The molecule has 0 aliphatic rings. The molecule has 3 rings (SSSR count). The first-order valence-electron chi connectivity index (χ1n) is 8.20. The van der Waals surface area contributed by atoms with Gasteiger partial charge in [0.2, 0.25) is 0 Å². The highest BCUT2D eigenvalue weighted by Gasteiger charge is 2.07. The van der Waals surface area contributed by atoms with E-state index in [1.807, 2.05) is 33.5 Å². The van der Waals surface area contributed by atoms with Gasteiger partial charge >= 0.3 is 0 Å². The van der Waals surface area contributed by atoms with Crippen LogP contribution in [0.1, 0.15) is 24.4 Å². The molecule has 0 amide bonds. The minimum Gasteiger partial charge on any atom is -0.357 e. The fourth-order valence-electron chi connectivity index (χ4n) is 2.47. The molecule has 3 aromatic heterocycles. The van der Waals surface area contributed by atoms with Crippen molar-refractivity contribution in [1.29, 1.82) is 0 Å². The summed E-state index contributed by atoms with van der Waals surface area (Å²) >= 11 is 3.46. The standard InChI is InChI=1S/C17H23N5S2.HI/c1-3-18-16(19-10-13(2)9-15-5-4-7-23-15)20-11-14-12-22-6-8-24-17(22)21-14;/h4-8,12-13H,3,9-11H2,1-2H3,(H2,18,19,20);1H. The maximum Gasteiger partial charge on any atom is 0.193 e. The second kappa shape index (κ2) is 10.1. The van der Waals surface area contributed by atoms with Crippen molar-refractivity contribution in [1.82, 2.24) is 20.0 Å². The number of nitrogens with one attached hydrogen (secondary N) is 2. The lowest BCUT2D eigenvalue weighted by Gasteiger charge is -2.15. The molecule has 8 heteroatoms. The van der Waals surface area contributed by atoms with E-state index in [4.69, 9.17) is 0 Å². The van der Waals surface area contributed by atoms with Crippen LogP contribution >= 0.6 is 46.7 Å². The van der Waals surface area contributed by atoms with Crippen LogP contribution in [0.2, 0.25) is 0 Å². The lowest BCUT2D eigenvalue weighted by molar-refractivity contribution is 0.562. The predicted octanol–water partition coefficient (Wildman–Crippen LogP) is 4.01. The largest absolute Gasteiger partial charge is 0.357 e. The first-order valence-corrected chi connectivity index (χ1v) is 9.96. The Morgan fingerprint density at radius 2 is 2.20 bits per heavy atom. The van der Waals surface area contributed by atoms with Gasteiger partial charge in [0.25, 0.3) is 0 Å². The number of thiazole rings is 1. The Morgan fingerprint density at radius 1 is 1.32 bits per heavy atom. The Bertz CT molecular complexity index is 750. The zero-order valence-electron chi connectivity index (χ0n) is 14.4. The Kier molecular flexibility index (Phi) is 8.17. The van der Waals surface area contributed by atoms with Crippen LogP contribution in [-0.2, 0) is 13.0 Å². The van der Waals surface area contributed by atoms with Gasteiger partial charge in [0.05, 0.1) is 12.2 Å². The molecule has 0 saturated carbocycles. The van der Waals surface area contributed by atoms with E-state index in [2.05, 4.69) is 52.0 Å². The Hall–Kier alpha value is -1.13. The molecular weight excluding hydrogens is 465 g/mol. The zero-order valence-corrected chi connectivity index (χ0v) is 18.4. The van der Waals surface area contributed by atoms with E-state index in [-0.39, 0.29) is 24.0 Å². The van der Waals surface area contributed by atoms with Crippen LogP contribution in [-0.4, -0.2) is 28.4 Å². The summed E-state index contributed by atoms with van der Waals surface area (Å²) in [5, 5.41) is 10.9. The molecule has 0 radical (unpaired) electrons. The molecule has 0 aliphatic heterocycles. The molecule has 0 fully saturated rings. The van der Waals surface area contributed by atoms with Crippen molar-refractivity contribution in [3.8, 4) is 0 Å². The van der Waals surface area contributed by atoms with E-state index in [0.29, 0.717) is 12.5 Å². The van der Waals surface area contributed by atoms with Crippen LogP contribution < -0.4 is 10.6 Å². The highest BCUT2D eigenvalue weighted by molar-refractivity contribution is 14.0. The number of rotatable bonds is 7. The van der Waals surface area contributed by atoms with Gasteiger partial charge in [0.1, 0.15) is 0 Å². The third kappa shape index (κ3) is 5.96. The molecule has 0 aromatic carbocycles. The monoisotopic (exact) mass is 489 g/mol. The van der Waals surface area contributed by atoms with Crippen molar-refractivity contribution in [3.05, 3.63) is 45.9 Å². The maximum atomic E-state index is 4.65. The van der Waals surface area contributed by atoms with Crippen molar-refractivity contribution >= 4 is 57.6 Å². The van der Waals surface area contributed by atoms with Crippen LogP contribution in [0.5, 0.6) is 0 Å². The molecule has 0 spiro atoms. The number of nitrogens with zero attached hydrogens (tertiary/aromatic N) is 3. The Morgan fingerprint density at radius 3 is 2.92 bits per heavy atom. The number of aromatic nitrogens is 2. The quantitative estimate of drug-likeness (QED) is 0.300. The molecule has 1 atom stereocenters. The topological polar surface area (TPSA) is 53.7 Å². The molecule has 0 aliphatic carbocycles. The third-order valence-corrected chi connectivity index (χ3v) is 5.30. The molecule has 3 aromatic rings. The molecule has 0 bridgehead atoms. The van der Waals surface area contributed by atoms with Crippen LogP contribution in [0.3, 0.4) is 0 Å². The van der Waals surface area contributed by atoms with Crippen molar-refractivity contribution in [2.45, 2.75) is 26.8 Å². The molecule has 1 unspecified atom stereocenters. The van der Waals surface area contributed by atoms with Gasteiger partial charge in [-0.1, -0.05) is 13.0 Å². The summed E-state index contributed by atoms with van der Waals surface area (Å²) in [6, 6.07) is 4.31. The summed E-state index contributed by atoms with van der Waals surface area (Å²) in [5.41, 5.74) is 0.991. The Balaban J connectivity index is 0.00000225. The fraction of sp³-hybridized carbons (Fsp3) is 0.412. The second-order valence-corrected chi connectivity index (χ2v) is 7.70. The van der Waals surface area contributed by atoms with Crippen LogP contribution in [0.25, 0.3) is 4.96 Å². The normalized spacial score (nSPS) is 12.8. The average Bonchev–Trinajstić information content (AvgIpc) is 3.27. The summed E-state index contributed by atoms with van der Waals surface area (Å²) in [7, 11) is 0. The van der Waals surface area contributed by atoms with E-state index in [0.717, 1.165) is 36.1 Å². The molecular formula is C17H24IN5S2. The van der Waals surface area contributed by atoms with Gasteiger partial charge < -0.3 is 10.6 Å². The van der Waals surface area contributed by atoms with Crippen LogP contribution in [0.15, 0.2) is 40.3 Å².